The Balaban J connectivity index is 4.48. The maximum Gasteiger partial charge on any atom is 0.241 e. The van der Waals surface area contributed by atoms with E-state index in [1.807, 2.05) is 0 Å². The van der Waals surface area contributed by atoms with Gasteiger partial charge in [0.25, 0.3) is 0 Å². The Bertz CT molecular complexity index is 794. The maximum absolute atomic E-state index is 13.5. The second-order valence-electron chi connectivity index (χ2n) is 17.8. The molecular formula is C50H104N6O2. The Kier molecular flexibility index (Phi) is 47.4. The monoisotopic (exact) mass is 821 g/mol. The van der Waals surface area contributed by atoms with Crippen LogP contribution in [0.1, 0.15) is 245 Å². The van der Waals surface area contributed by atoms with E-state index in [0.29, 0.717) is 19.6 Å². The van der Waals surface area contributed by atoms with Crippen molar-refractivity contribution in [2.24, 2.45) is 11.5 Å². The number of amides is 2. The first kappa shape index (κ1) is 56.8. The van der Waals surface area contributed by atoms with Crippen LogP contribution in [-0.4, -0.2) is 87.1 Å². The summed E-state index contributed by atoms with van der Waals surface area (Å²) in [5.74, 6) is 0.0172. The van der Waals surface area contributed by atoms with Gasteiger partial charge in [0.2, 0.25) is 11.8 Å². The zero-order valence-electron chi connectivity index (χ0n) is 39.4. The van der Waals surface area contributed by atoms with Crippen molar-refractivity contribution in [1.82, 2.24) is 20.4 Å². The van der Waals surface area contributed by atoms with E-state index >= 15 is 0 Å². The lowest BCUT2D eigenvalue weighted by Gasteiger charge is -2.24. The van der Waals surface area contributed by atoms with Gasteiger partial charge in [-0.2, -0.15) is 0 Å². The van der Waals surface area contributed by atoms with Crippen molar-refractivity contribution < 1.29 is 9.59 Å². The van der Waals surface area contributed by atoms with Crippen LogP contribution in [0.3, 0.4) is 0 Å². The van der Waals surface area contributed by atoms with Crippen LogP contribution in [-0.2, 0) is 9.59 Å². The molecule has 346 valence electrons. The quantitative estimate of drug-likeness (QED) is 0.0454. The van der Waals surface area contributed by atoms with Crippen LogP contribution in [0, 0.1) is 0 Å². The summed E-state index contributed by atoms with van der Waals surface area (Å²) >= 11 is 0. The van der Waals surface area contributed by atoms with Gasteiger partial charge in [-0.25, -0.2) is 0 Å². The van der Waals surface area contributed by atoms with Crippen molar-refractivity contribution in [2.45, 2.75) is 245 Å². The molecule has 0 fully saturated rings. The Hall–Kier alpha value is -1.22. The molecule has 0 spiro atoms. The van der Waals surface area contributed by atoms with E-state index < -0.39 is 0 Å². The maximum atomic E-state index is 13.5. The highest BCUT2D eigenvalue weighted by atomic mass is 16.2. The Labute approximate surface area is 362 Å². The molecule has 0 aromatic rings. The Morgan fingerprint density at radius 3 is 1.10 bits per heavy atom. The first-order valence-electron chi connectivity index (χ1n) is 26.0. The predicted molar refractivity (Wildman–Crippen MR) is 255 cm³/mol. The van der Waals surface area contributed by atoms with Crippen molar-refractivity contribution in [3.63, 3.8) is 0 Å². The van der Waals surface area contributed by atoms with Crippen LogP contribution in [0.25, 0.3) is 0 Å². The van der Waals surface area contributed by atoms with E-state index in [-0.39, 0.29) is 18.4 Å². The third-order valence-corrected chi connectivity index (χ3v) is 12.0. The van der Waals surface area contributed by atoms with Crippen molar-refractivity contribution in [1.29, 1.82) is 0 Å². The van der Waals surface area contributed by atoms with Crippen LogP contribution in [0.2, 0.25) is 0 Å². The van der Waals surface area contributed by atoms with E-state index in [0.717, 1.165) is 77.8 Å². The molecule has 0 bridgehead atoms. The van der Waals surface area contributed by atoms with Gasteiger partial charge in [0.15, 0.2) is 0 Å². The molecule has 0 unspecified atom stereocenters. The molecule has 0 aromatic carbocycles. The molecule has 0 aliphatic rings. The molecule has 8 nitrogen and oxygen atoms in total. The Morgan fingerprint density at radius 1 is 0.397 bits per heavy atom. The molecule has 0 heterocycles. The number of carbonyl (C=O) groups is 2. The minimum absolute atomic E-state index is 0.0591. The van der Waals surface area contributed by atoms with E-state index in [1.54, 1.807) is 0 Å². The van der Waals surface area contributed by atoms with Crippen molar-refractivity contribution in [3.05, 3.63) is 0 Å². The molecule has 0 atom stereocenters. The molecule has 0 aromatic heterocycles. The SMILES string of the molecule is CCCCCCCCCCCCCCCCCCN(CCCCCCCCCCCCCCCCCC)C(=O)CNC(=O)CN(CCCN)CCCCNCCCN. The first-order valence-corrected chi connectivity index (χ1v) is 26.0. The van der Waals surface area contributed by atoms with Gasteiger partial charge in [-0.1, -0.05) is 206 Å². The number of rotatable bonds is 49. The summed E-state index contributed by atoms with van der Waals surface area (Å²) < 4.78 is 0. The molecule has 6 N–H and O–H groups in total. The number of hydrogen-bond acceptors (Lipinski definition) is 6. The third kappa shape index (κ3) is 42.9. The summed E-state index contributed by atoms with van der Waals surface area (Å²) in [6.07, 6.45) is 47.2. The number of unbranched alkanes of at least 4 members (excludes halogenated alkanes) is 31. The molecule has 8 heteroatoms. The smallest absolute Gasteiger partial charge is 0.241 e. The summed E-state index contributed by atoms with van der Waals surface area (Å²) in [6.45, 7) is 11.6. The molecule has 2 amide bonds. The molecule has 0 aliphatic carbocycles. The molecule has 0 saturated heterocycles. The van der Waals surface area contributed by atoms with Gasteiger partial charge in [0, 0.05) is 13.1 Å². The largest absolute Gasteiger partial charge is 0.346 e. The van der Waals surface area contributed by atoms with Crippen molar-refractivity contribution in [2.75, 3.05) is 65.4 Å². The molecular weight excluding hydrogens is 717 g/mol. The van der Waals surface area contributed by atoms with E-state index in [2.05, 4.69) is 34.3 Å². The number of nitrogens with zero attached hydrogens (tertiary/aromatic N) is 2. The lowest BCUT2D eigenvalue weighted by Crippen LogP contribution is -2.44. The summed E-state index contributed by atoms with van der Waals surface area (Å²) in [7, 11) is 0. The number of nitrogens with two attached hydrogens (primary N) is 2. The number of carbonyl (C=O) groups excluding carboxylic acids is 2. The van der Waals surface area contributed by atoms with Crippen LogP contribution in [0.5, 0.6) is 0 Å². The van der Waals surface area contributed by atoms with Gasteiger partial charge < -0.3 is 27.0 Å². The highest BCUT2D eigenvalue weighted by Crippen LogP contribution is 2.16. The van der Waals surface area contributed by atoms with Crippen molar-refractivity contribution >= 4 is 11.8 Å². The highest BCUT2D eigenvalue weighted by Gasteiger charge is 2.16. The zero-order chi connectivity index (χ0) is 42.3. The number of hydrogen-bond donors (Lipinski definition) is 4. The van der Waals surface area contributed by atoms with Gasteiger partial charge in [0.1, 0.15) is 0 Å². The molecule has 58 heavy (non-hydrogen) atoms. The highest BCUT2D eigenvalue weighted by molar-refractivity contribution is 5.85. The van der Waals surface area contributed by atoms with Gasteiger partial charge >= 0.3 is 0 Å². The second kappa shape index (κ2) is 48.4. The number of nitrogens with one attached hydrogen (secondary N) is 2. The predicted octanol–water partition coefficient (Wildman–Crippen LogP) is 11.8. The van der Waals surface area contributed by atoms with Crippen molar-refractivity contribution in [3.8, 4) is 0 Å². The average molecular weight is 821 g/mol. The molecule has 0 saturated carbocycles. The van der Waals surface area contributed by atoms with Gasteiger partial charge in [0.05, 0.1) is 13.1 Å². The van der Waals surface area contributed by atoms with Crippen LogP contribution in [0.15, 0.2) is 0 Å². The lowest BCUT2D eigenvalue weighted by molar-refractivity contribution is -0.133. The molecule has 0 aliphatic heterocycles. The average Bonchev–Trinajstić information content (AvgIpc) is 3.23. The summed E-state index contributed by atoms with van der Waals surface area (Å²) in [5, 5.41) is 6.41. The first-order chi connectivity index (χ1) is 28.6. The van der Waals surface area contributed by atoms with E-state index in [9.17, 15) is 9.59 Å². The summed E-state index contributed by atoms with van der Waals surface area (Å²) in [5.41, 5.74) is 11.4. The minimum Gasteiger partial charge on any atom is -0.346 e. The molecule has 0 rings (SSSR count). The third-order valence-electron chi connectivity index (χ3n) is 12.0. The normalized spacial score (nSPS) is 11.5. The fourth-order valence-electron chi connectivity index (χ4n) is 8.13. The van der Waals surface area contributed by atoms with Gasteiger partial charge in [-0.15, -0.1) is 0 Å². The second-order valence-corrected chi connectivity index (χ2v) is 17.8. The minimum atomic E-state index is -0.0591. The van der Waals surface area contributed by atoms with Gasteiger partial charge in [-0.3, -0.25) is 14.5 Å². The van der Waals surface area contributed by atoms with Crippen LogP contribution in [0.4, 0.5) is 0 Å². The summed E-state index contributed by atoms with van der Waals surface area (Å²) in [6, 6.07) is 0. The van der Waals surface area contributed by atoms with Crippen LogP contribution >= 0.6 is 0 Å². The van der Waals surface area contributed by atoms with Crippen LogP contribution < -0.4 is 22.1 Å². The molecule has 0 radical (unpaired) electrons. The van der Waals surface area contributed by atoms with Gasteiger partial charge in [-0.05, 0) is 77.8 Å². The van der Waals surface area contributed by atoms with E-state index in [4.69, 9.17) is 11.5 Å². The topological polar surface area (TPSA) is 117 Å². The zero-order valence-corrected chi connectivity index (χ0v) is 39.4. The van der Waals surface area contributed by atoms with E-state index in [1.165, 1.54) is 193 Å². The lowest BCUT2D eigenvalue weighted by atomic mass is 10.0. The Morgan fingerprint density at radius 2 is 0.724 bits per heavy atom. The fourth-order valence-corrected chi connectivity index (χ4v) is 8.13. The summed E-state index contributed by atoms with van der Waals surface area (Å²) in [4.78, 5) is 30.7. The standard InChI is InChI=1S/C50H104N6O2/c1-3-5-7-9-11-13-15-17-19-21-23-25-27-29-31-34-45-56(46-35-32-30-28-26-24-22-20-18-16-14-12-10-8-6-4-2)50(58)47-54-49(57)48-55(44-38-40-52)43-36-33-41-53-42-37-39-51/h53H,3-48,51-52H2,1-2H3,(H,54,57). The fraction of sp³-hybridized carbons (Fsp3) is 0.960.